The van der Waals surface area contributed by atoms with Crippen LogP contribution < -0.4 is 0 Å². The Balaban J connectivity index is 1.91. The summed E-state index contributed by atoms with van der Waals surface area (Å²) in [5, 5.41) is 2.52. The molecular formula is C17H18NO2. The summed E-state index contributed by atoms with van der Waals surface area (Å²) in [5.74, 6) is 0. The van der Waals surface area contributed by atoms with Gasteiger partial charge in [-0.2, -0.15) is 0 Å². The highest BCUT2D eigenvalue weighted by Gasteiger charge is 2.08. The van der Waals surface area contributed by atoms with Crippen LogP contribution >= 0.6 is 0 Å². The zero-order chi connectivity index (χ0) is 13.8. The van der Waals surface area contributed by atoms with Crippen molar-refractivity contribution in [1.29, 1.82) is 0 Å². The summed E-state index contributed by atoms with van der Waals surface area (Å²) in [6, 6.07) is 17.8. The molecule has 3 heteroatoms. The molecule has 0 N–H and O–H groups in total. The molecule has 0 saturated heterocycles. The number of hydrogen-bond donors (Lipinski definition) is 0. The van der Waals surface area contributed by atoms with Crippen LogP contribution in [-0.4, -0.2) is 31.5 Å². The summed E-state index contributed by atoms with van der Waals surface area (Å²) < 4.78 is 12.9. The minimum Gasteiger partial charge on any atom is -0.382 e. The third-order valence-electron chi connectivity index (χ3n) is 3.51. The molecule has 0 aliphatic heterocycles. The van der Waals surface area contributed by atoms with Crippen molar-refractivity contribution in [2.24, 2.45) is 0 Å². The molecule has 0 fully saturated rings. The van der Waals surface area contributed by atoms with E-state index in [4.69, 9.17) is 9.47 Å². The molecule has 0 unspecified atom stereocenters. The maximum atomic E-state index is 5.59. The number of methoxy groups -OCH3 is 1. The molecule has 3 aromatic rings. The van der Waals surface area contributed by atoms with Crippen LogP contribution in [0.25, 0.3) is 21.8 Å². The highest BCUT2D eigenvalue weighted by molar-refractivity contribution is 6.07. The smallest absolute Gasteiger partial charge is 0.0701 e. The van der Waals surface area contributed by atoms with Crippen molar-refractivity contribution < 1.29 is 9.47 Å². The van der Waals surface area contributed by atoms with Crippen LogP contribution in [0.1, 0.15) is 0 Å². The Morgan fingerprint density at radius 3 is 2.75 bits per heavy atom. The van der Waals surface area contributed by atoms with Crippen molar-refractivity contribution in [2.45, 2.75) is 6.54 Å². The van der Waals surface area contributed by atoms with Crippen molar-refractivity contribution in [2.75, 3.05) is 26.9 Å². The average Bonchev–Trinajstić information content (AvgIpc) is 2.82. The molecule has 0 atom stereocenters. The van der Waals surface area contributed by atoms with Crippen LogP contribution in [0.3, 0.4) is 0 Å². The van der Waals surface area contributed by atoms with E-state index in [2.05, 4.69) is 47.0 Å². The predicted molar refractivity (Wildman–Crippen MR) is 81.0 cm³/mol. The van der Waals surface area contributed by atoms with Crippen LogP contribution in [0.2, 0.25) is 0 Å². The molecule has 1 heterocycles. The Morgan fingerprint density at radius 1 is 1.00 bits per heavy atom. The van der Waals surface area contributed by atoms with Gasteiger partial charge in [0.1, 0.15) is 0 Å². The van der Waals surface area contributed by atoms with E-state index in [1.54, 1.807) is 7.11 Å². The summed E-state index contributed by atoms with van der Waals surface area (Å²) in [6.07, 6.45) is 0. The summed E-state index contributed by atoms with van der Waals surface area (Å²) >= 11 is 0. The highest BCUT2D eigenvalue weighted by Crippen LogP contribution is 2.28. The van der Waals surface area contributed by atoms with Crippen molar-refractivity contribution in [3.63, 3.8) is 0 Å². The third kappa shape index (κ3) is 2.42. The first-order chi connectivity index (χ1) is 9.92. The molecule has 1 aromatic heterocycles. The molecule has 0 bridgehead atoms. The monoisotopic (exact) mass is 268 g/mol. The molecule has 3 nitrogen and oxygen atoms in total. The number of rotatable bonds is 6. The van der Waals surface area contributed by atoms with E-state index in [1.165, 1.54) is 21.8 Å². The highest BCUT2D eigenvalue weighted by atomic mass is 16.5. The van der Waals surface area contributed by atoms with Gasteiger partial charge in [0.05, 0.1) is 19.8 Å². The minimum atomic E-state index is 0.640. The molecule has 0 aliphatic rings. The summed E-state index contributed by atoms with van der Waals surface area (Å²) in [5.41, 5.74) is 2.48. The molecule has 0 saturated carbocycles. The number of para-hydroxylation sites is 1. The van der Waals surface area contributed by atoms with Crippen LogP contribution in [0.4, 0.5) is 0 Å². The van der Waals surface area contributed by atoms with Crippen LogP contribution in [0.5, 0.6) is 0 Å². The van der Waals surface area contributed by atoms with Crippen LogP contribution in [0, 0.1) is 6.07 Å². The number of nitrogens with zero attached hydrogens (tertiary/aromatic N) is 1. The Hall–Kier alpha value is -1.84. The van der Waals surface area contributed by atoms with Gasteiger partial charge in [-0.3, -0.25) is 0 Å². The maximum Gasteiger partial charge on any atom is 0.0701 e. The quantitative estimate of drug-likeness (QED) is 0.641. The lowest BCUT2D eigenvalue weighted by atomic mass is 10.2. The molecule has 0 amide bonds. The molecule has 1 radical (unpaired) electrons. The van der Waals surface area contributed by atoms with Gasteiger partial charge in [-0.1, -0.05) is 24.3 Å². The number of benzene rings is 2. The fourth-order valence-electron chi connectivity index (χ4n) is 2.58. The van der Waals surface area contributed by atoms with Gasteiger partial charge >= 0.3 is 0 Å². The van der Waals surface area contributed by atoms with Gasteiger partial charge in [0.25, 0.3) is 0 Å². The van der Waals surface area contributed by atoms with Crippen LogP contribution in [0.15, 0.2) is 42.5 Å². The van der Waals surface area contributed by atoms with E-state index in [0.717, 1.165) is 6.54 Å². The summed E-state index contributed by atoms with van der Waals surface area (Å²) in [4.78, 5) is 0. The topological polar surface area (TPSA) is 23.4 Å². The summed E-state index contributed by atoms with van der Waals surface area (Å²) in [7, 11) is 1.69. The van der Waals surface area contributed by atoms with E-state index in [9.17, 15) is 0 Å². The molecule has 103 valence electrons. The Labute approximate surface area is 118 Å². The lowest BCUT2D eigenvalue weighted by Crippen LogP contribution is -2.09. The van der Waals surface area contributed by atoms with Gasteiger partial charge < -0.3 is 14.0 Å². The zero-order valence-electron chi connectivity index (χ0n) is 11.6. The number of ether oxygens (including phenoxy) is 2. The van der Waals surface area contributed by atoms with E-state index in [0.29, 0.717) is 19.8 Å². The van der Waals surface area contributed by atoms with E-state index in [-0.39, 0.29) is 0 Å². The first-order valence-corrected chi connectivity index (χ1v) is 6.85. The second kappa shape index (κ2) is 6.07. The fraction of sp³-hybridized carbons (Fsp3) is 0.294. The summed E-state index contributed by atoms with van der Waals surface area (Å²) in [6.45, 7) is 2.82. The minimum absolute atomic E-state index is 0.640. The fourth-order valence-corrected chi connectivity index (χ4v) is 2.58. The first kappa shape index (κ1) is 13.2. The van der Waals surface area contributed by atoms with Crippen molar-refractivity contribution in [3.05, 3.63) is 48.5 Å². The van der Waals surface area contributed by atoms with E-state index >= 15 is 0 Å². The molecular weight excluding hydrogens is 250 g/mol. The first-order valence-electron chi connectivity index (χ1n) is 6.85. The van der Waals surface area contributed by atoms with Gasteiger partial charge in [0, 0.05) is 35.5 Å². The lowest BCUT2D eigenvalue weighted by Gasteiger charge is -2.08. The molecule has 0 aliphatic carbocycles. The number of aromatic nitrogens is 1. The predicted octanol–water partition coefficient (Wildman–Crippen LogP) is 3.26. The zero-order valence-corrected chi connectivity index (χ0v) is 11.6. The Bertz CT molecular complexity index is 649. The van der Waals surface area contributed by atoms with Crippen molar-refractivity contribution >= 4 is 21.8 Å². The number of fused-ring (bicyclic) bond motifs is 3. The van der Waals surface area contributed by atoms with Crippen molar-refractivity contribution in [3.8, 4) is 0 Å². The van der Waals surface area contributed by atoms with Gasteiger partial charge in [-0.05, 0) is 24.3 Å². The standard InChI is InChI=1S/C17H18NO2/c1-19-12-13-20-11-10-18-16-8-4-2-6-14(16)15-7-3-5-9-17(15)18/h2,4-9H,10-13H2,1H3. The second-order valence-corrected chi connectivity index (χ2v) is 4.72. The van der Waals surface area contributed by atoms with Crippen molar-refractivity contribution in [1.82, 2.24) is 4.57 Å². The molecule has 20 heavy (non-hydrogen) atoms. The van der Waals surface area contributed by atoms with Crippen LogP contribution in [-0.2, 0) is 16.0 Å². The normalized spacial score (nSPS) is 11.4. The molecule has 3 rings (SSSR count). The Morgan fingerprint density at radius 2 is 1.85 bits per heavy atom. The van der Waals surface area contributed by atoms with Gasteiger partial charge in [0.15, 0.2) is 0 Å². The van der Waals surface area contributed by atoms with Gasteiger partial charge in [0.2, 0.25) is 0 Å². The average molecular weight is 268 g/mol. The Kier molecular flexibility index (Phi) is 4.00. The van der Waals surface area contributed by atoms with E-state index in [1.807, 2.05) is 6.07 Å². The van der Waals surface area contributed by atoms with Gasteiger partial charge in [-0.15, -0.1) is 0 Å². The largest absolute Gasteiger partial charge is 0.382 e. The van der Waals surface area contributed by atoms with Gasteiger partial charge in [-0.25, -0.2) is 0 Å². The number of hydrogen-bond acceptors (Lipinski definition) is 2. The molecule has 2 aromatic carbocycles. The van der Waals surface area contributed by atoms with E-state index < -0.39 is 0 Å². The maximum absolute atomic E-state index is 5.59. The lowest BCUT2D eigenvalue weighted by molar-refractivity contribution is 0.0673. The molecule has 0 spiro atoms. The second-order valence-electron chi connectivity index (χ2n) is 4.72. The third-order valence-corrected chi connectivity index (χ3v) is 3.51. The SMILES string of the molecule is COCCOCCn1c2cc[c]cc2c2ccccc21.